The molecule has 2 unspecified atom stereocenters. The quantitative estimate of drug-likeness (QED) is 0.199. The van der Waals surface area contributed by atoms with Crippen molar-refractivity contribution in [1.82, 2.24) is 0 Å². The molecule has 0 saturated heterocycles. The zero-order chi connectivity index (χ0) is 18.6. The fourth-order valence-electron chi connectivity index (χ4n) is 3.64. The van der Waals surface area contributed by atoms with E-state index >= 15 is 0 Å². The molecule has 0 rings (SSSR count). The maximum absolute atomic E-state index is 6.13. The highest BCUT2D eigenvalue weighted by molar-refractivity contribution is 4.60. The molecule has 25 heavy (non-hydrogen) atoms. The van der Waals surface area contributed by atoms with Crippen molar-refractivity contribution in [3.05, 3.63) is 0 Å². The van der Waals surface area contributed by atoms with Gasteiger partial charge in [-0.2, -0.15) is 0 Å². The molecule has 0 spiro atoms. The van der Waals surface area contributed by atoms with Gasteiger partial charge in [-0.1, -0.05) is 118 Å². The Kier molecular flexibility index (Phi) is 20.2. The summed E-state index contributed by atoms with van der Waals surface area (Å²) in [5.74, 6) is 1.58. The van der Waals surface area contributed by atoms with Gasteiger partial charge in [0.1, 0.15) is 0 Å². The molecular weight excluding hydrogens is 304 g/mol. The van der Waals surface area contributed by atoms with E-state index in [9.17, 15) is 0 Å². The zero-order valence-electron chi connectivity index (χ0n) is 18.3. The molecule has 1 heteroatoms. The number of unbranched alkanes of at least 4 members (excludes halogenated alkanes) is 10. The number of ether oxygens (including phenoxy) is 1. The first-order valence-corrected chi connectivity index (χ1v) is 11.9. The van der Waals surface area contributed by atoms with Gasteiger partial charge in [0.2, 0.25) is 0 Å². The average Bonchev–Trinajstić information content (AvgIpc) is 2.64. The first kappa shape index (κ1) is 25.0. The van der Waals surface area contributed by atoms with E-state index in [2.05, 4.69) is 27.7 Å². The smallest absolute Gasteiger partial charge is 0.0494 e. The fraction of sp³-hybridized carbons (Fsp3) is 1.00. The zero-order valence-corrected chi connectivity index (χ0v) is 18.3. The van der Waals surface area contributed by atoms with Crippen molar-refractivity contribution < 1.29 is 4.74 Å². The second kappa shape index (κ2) is 20.3. The summed E-state index contributed by atoms with van der Waals surface area (Å²) >= 11 is 0. The molecule has 152 valence electrons. The highest BCUT2D eigenvalue weighted by Gasteiger charge is 2.10. The van der Waals surface area contributed by atoms with Crippen LogP contribution in [0.2, 0.25) is 0 Å². The van der Waals surface area contributed by atoms with Crippen molar-refractivity contribution in [2.45, 2.75) is 130 Å². The maximum atomic E-state index is 6.13. The summed E-state index contributed by atoms with van der Waals surface area (Å²) in [6, 6.07) is 0. The largest absolute Gasteiger partial charge is 0.381 e. The minimum atomic E-state index is 0.790. The first-order valence-electron chi connectivity index (χ1n) is 11.9. The molecule has 0 N–H and O–H groups in total. The second-order valence-electron chi connectivity index (χ2n) is 8.20. The summed E-state index contributed by atoms with van der Waals surface area (Å²) < 4.78 is 6.13. The van der Waals surface area contributed by atoms with Crippen molar-refractivity contribution in [3.63, 3.8) is 0 Å². The second-order valence-corrected chi connectivity index (χ2v) is 8.20. The summed E-state index contributed by atoms with van der Waals surface area (Å²) in [5, 5.41) is 0. The van der Waals surface area contributed by atoms with Crippen LogP contribution < -0.4 is 0 Å². The molecule has 0 bridgehead atoms. The van der Waals surface area contributed by atoms with Crippen LogP contribution >= 0.6 is 0 Å². The summed E-state index contributed by atoms with van der Waals surface area (Å²) in [7, 11) is 0. The standard InChI is InChI=1S/C24H50O/c1-5-9-11-13-15-17-19-23(7-3)21-25-22-24(8-4)20-18-16-14-12-10-6-2/h23-24H,5-22H2,1-4H3. The summed E-state index contributed by atoms with van der Waals surface area (Å²) in [6.45, 7) is 11.2. The fourth-order valence-corrected chi connectivity index (χ4v) is 3.64. The summed E-state index contributed by atoms with van der Waals surface area (Å²) in [4.78, 5) is 0. The highest BCUT2D eigenvalue weighted by atomic mass is 16.5. The van der Waals surface area contributed by atoms with Crippen molar-refractivity contribution in [1.29, 1.82) is 0 Å². The number of hydrogen-bond acceptors (Lipinski definition) is 1. The minimum absolute atomic E-state index is 0.790. The molecule has 0 aliphatic heterocycles. The molecule has 0 aromatic rings. The van der Waals surface area contributed by atoms with Crippen molar-refractivity contribution in [2.24, 2.45) is 11.8 Å². The van der Waals surface area contributed by atoms with Crippen LogP contribution in [-0.4, -0.2) is 13.2 Å². The van der Waals surface area contributed by atoms with Gasteiger partial charge in [0.15, 0.2) is 0 Å². The van der Waals surface area contributed by atoms with E-state index in [1.165, 1.54) is 103 Å². The van der Waals surface area contributed by atoms with Crippen LogP contribution in [0.3, 0.4) is 0 Å². The minimum Gasteiger partial charge on any atom is -0.381 e. The van der Waals surface area contributed by atoms with Crippen LogP contribution in [0.25, 0.3) is 0 Å². The Morgan fingerprint density at radius 3 is 1.20 bits per heavy atom. The van der Waals surface area contributed by atoms with Gasteiger partial charge in [-0.25, -0.2) is 0 Å². The predicted octanol–water partition coefficient (Wildman–Crippen LogP) is 8.56. The van der Waals surface area contributed by atoms with Crippen molar-refractivity contribution in [2.75, 3.05) is 13.2 Å². The van der Waals surface area contributed by atoms with Gasteiger partial charge < -0.3 is 4.74 Å². The van der Waals surface area contributed by atoms with Crippen molar-refractivity contribution in [3.8, 4) is 0 Å². The van der Waals surface area contributed by atoms with Crippen LogP contribution in [0, 0.1) is 11.8 Å². The molecule has 0 fully saturated rings. The number of rotatable bonds is 20. The van der Waals surface area contributed by atoms with Gasteiger partial charge in [0.05, 0.1) is 0 Å². The molecule has 0 heterocycles. The third-order valence-corrected chi connectivity index (χ3v) is 5.79. The third kappa shape index (κ3) is 17.1. The third-order valence-electron chi connectivity index (χ3n) is 5.79. The lowest BCUT2D eigenvalue weighted by Crippen LogP contribution is -2.15. The normalized spacial score (nSPS) is 13.9. The Hall–Kier alpha value is -0.0400. The van der Waals surface area contributed by atoms with E-state index in [1.807, 2.05) is 0 Å². The molecule has 0 aromatic heterocycles. The maximum Gasteiger partial charge on any atom is 0.0494 e. The Labute approximate surface area is 160 Å². The lowest BCUT2D eigenvalue weighted by Gasteiger charge is -2.19. The molecule has 0 aromatic carbocycles. The SMILES string of the molecule is CCCCCCCCC(CC)COCC(CC)CCCCCCCC. The van der Waals surface area contributed by atoms with Gasteiger partial charge in [-0.3, -0.25) is 0 Å². The molecule has 1 nitrogen and oxygen atoms in total. The lowest BCUT2D eigenvalue weighted by molar-refractivity contribution is 0.0627. The molecule has 0 aliphatic rings. The topological polar surface area (TPSA) is 9.23 Å². The Balaban J connectivity index is 3.62. The summed E-state index contributed by atoms with van der Waals surface area (Å²) in [6.07, 6.45) is 22.2. The predicted molar refractivity (Wildman–Crippen MR) is 114 cm³/mol. The summed E-state index contributed by atoms with van der Waals surface area (Å²) in [5.41, 5.74) is 0. The van der Waals surface area contributed by atoms with Gasteiger partial charge in [0, 0.05) is 13.2 Å². The van der Waals surface area contributed by atoms with E-state index < -0.39 is 0 Å². The molecule has 2 atom stereocenters. The van der Waals surface area contributed by atoms with Gasteiger partial charge in [-0.15, -0.1) is 0 Å². The Bertz CT molecular complexity index is 214. The first-order chi connectivity index (χ1) is 12.3. The highest BCUT2D eigenvalue weighted by Crippen LogP contribution is 2.18. The average molecular weight is 355 g/mol. The van der Waals surface area contributed by atoms with E-state index in [-0.39, 0.29) is 0 Å². The molecule has 0 aliphatic carbocycles. The monoisotopic (exact) mass is 354 g/mol. The van der Waals surface area contributed by atoms with E-state index in [4.69, 9.17) is 4.74 Å². The van der Waals surface area contributed by atoms with E-state index in [1.54, 1.807) is 0 Å². The molecule has 0 radical (unpaired) electrons. The molecular formula is C24H50O. The van der Waals surface area contributed by atoms with Crippen LogP contribution in [0.5, 0.6) is 0 Å². The van der Waals surface area contributed by atoms with Gasteiger partial charge in [0.25, 0.3) is 0 Å². The van der Waals surface area contributed by atoms with Crippen LogP contribution in [0.15, 0.2) is 0 Å². The van der Waals surface area contributed by atoms with Crippen molar-refractivity contribution >= 4 is 0 Å². The Morgan fingerprint density at radius 2 is 0.840 bits per heavy atom. The van der Waals surface area contributed by atoms with Crippen LogP contribution in [0.1, 0.15) is 130 Å². The van der Waals surface area contributed by atoms with E-state index in [0.29, 0.717) is 0 Å². The number of hydrogen-bond donors (Lipinski definition) is 0. The van der Waals surface area contributed by atoms with Crippen LogP contribution in [-0.2, 0) is 4.74 Å². The lowest BCUT2D eigenvalue weighted by atomic mass is 9.97. The molecule has 0 saturated carbocycles. The molecule has 0 amide bonds. The van der Waals surface area contributed by atoms with E-state index in [0.717, 1.165) is 25.0 Å². The van der Waals surface area contributed by atoms with Crippen LogP contribution in [0.4, 0.5) is 0 Å². The van der Waals surface area contributed by atoms with Gasteiger partial charge in [-0.05, 0) is 24.7 Å². The van der Waals surface area contributed by atoms with Gasteiger partial charge >= 0.3 is 0 Å². The Morgan fingerprint density at radius 1 is 0.480 bits per heavy atom.